The number of hydrogen-bond donors (Lipinski definition) is 0. The van der Waals surface area contributed by atoms with Gasteiger partial charge in [-0.1, -0.05) is 25.0 Å². The highest BCUT2D eigenvalue weighted by atomic mass is 19.1. The Labute approximate surface area is 142 Å². The van der Waals surface area contributed by atoms with E-state index in [-0.39, 0.29) is 11.7 Å². The van der Waals surface area contributed by atoms with Gasteiger partial charge in [0.2, 0.25) is 0 Å². The minimum atomic E-state index is -0.412. The van der Waals surface area contributed by atoms with Crippen LogP contribution in [0.4, 0.5) is 10.1 Å². The lowest BCUT2D eigenvalue weighted by molar-refractivity contribution is -0.152. The third-order valence-electron chi connectivity index (χ3n) is 4.84. The van der Waals surface area contributed by atoms with Crippen LogP contribution in [-0.4, -0.2) is 60.9 Å². The van der Waals surface area contributed by atoms with Gasteiger partial charge in [-0.25, -0.2) is 4.39 Å². The summed E-state index contributed by atoms with van der Waals surface area (Å²) in [7, 11) is 0. The molecule has 24 heavy (non-hydrogen) atoms. The van der Waals surface area contributed by atoms with E-state index in [0.29, 0.717) is 45.0 Å². The molecule has 0 spiro atoms. The fourth-order valence-corrected chi connectivity index (χ4v) is 3.40. The summed E-state index contributed by atoms with van der Waals surface area (Å²) in [5, 5.41) is 0. The van der Waals surface area contributed by atoms with Crippen molar-refractivity contribution in [3.8, 4) is 0 Å². The van der Waals surface area contributed by atoms with E-state index in [9.17, 15) is 14.0 Å². The maximum absolute atomic E-state index is 13.9. The minimum absolute atomic E-state index is 0.252. The first-order valence-electron chi connectivity index (χ1n) is 8.74. The second-order valence-corrected chi connectivity index (χ2v) is 6.44. The fourth-order valence-electron chi connectivity index (χ4n) is 3.40. The zero-order chi connectivity index (χ0) is 16.9. The van der Waals surface area contributed by atoms with Crippen molar-refractivity contribution in [2.75, 3.05) is 44.2 Å². The smallest absolute Gasteiger partial charge is 0.312 e. The SMILES string of the molecule is O=C(C(=O)N1CCN(c2ccccc2F)CC1)N1CCCCCC1. The lowest BCUT2D eigenvalue weighted by atomic mass is 10.2. The molecule has 6 heteroatoms. The Morgan fingerprint density at radius 2 is 1.29 bits per heavy atom. The summed E-state index contributed by atoms with van der Waals surface area (Å²) in [6.45, 7) is 3.35. The van der Waals surface area contributed by atoms with Crippen molar-refractivity contribution >= 4 is 17.5 Å². The molecular formula is C18H24FN3O2. The standard InChI is InChI=1S/C18H24FN3O2/c19-15-7-3-4-8-16(15)20-11-13-22(14-12-20)18(24)17(23)21-9-5-1-2-6-10-21/h3-4,7-8H,1-2,5-6,9-14H2. The molecule has 0 radical (unpaired) electrons. The Morgan fingerprint density at radius 1 is 0.750 bits per heavy atom. The van der Waals surface area contributed by atoms with Crippen LogP contribution >= 0.6 is 0 Å². The molecule has 0 bridgehead atoms. The van der Waals surface area contributed by atoms with Crippen LogP contribution in [0.15, 0.2) is 24.3 Å². The van der Waals surface area contributed by atoms with E-state index < -0.39 is 5.91 Å². The predicted molar refractivity (Wildman–Crippen MR) is 90.2 cm³/mol. The zero-order valence-corrected chi connectivity index (χ0v) is 13.9. The van der Waals surface area contributed by atoms with Crippen LogP contribution in [0.1, 0.15) is 25.7 Å². The number of halogens is 1. The summed E-state index contributed by atoms with van der Waals surface area (Å²) in [6, 6.07) is 6.65. The normalized spacial score (nSPS) is 19.1. The summed E-state index contributed by atoms with van der Waals surface area (Å²) in [5.74, 6) is -1.04. The van der Waals surface area contributed by atoms with Gasteiger partial charge in [0.1, 0.15) is 5.82 Å². The summed E-state index contributed by atoms with van der Waals surface area (Å²) in [4.78, 5) is 30.1. The number of para-hydroxylation sites is 1. The van der Waals surface area contributed by atoms with Crippen molar-refractivity contribution in [1.29, 1.82) is 0 Å². The van der Waals surface area contributed by atoms with Gasteiger partial charge < -0.3 is 14.7 Å². The molecule has 2 aliphatic heterocycles. The molecule has 5 nitrogen and oxygen atoms in total. The molecule has 1 aromatic rings. The summed E-state index contributed by atoms with van der Waals surface area (Å²) in [5.41, 5.74) is 0.559. The van der Waals surface area contributed by atoms with E-state index in [1.807, 2.05) is 4.90 Å². The van der Waals surface area contributed by atoms with Crippen molar-refractivity contribution in [3.63, 3.8) is 0 Å². The molecule has 2 fully saturated rings. The third-order valence-corrected chi connectivity index (χ3v) is 4.84. The molecule has 1 aromatic carbocycles. The molecule has 2 heterocycles. The highest BCUT2D eigenvalue weighted by Crippen LogP contribution is 2.20. The van der Waals surface area contributed by atoms with Gasteiger partial charge in [-0.3, -0.25) is 9.59 Å². The van der Waals surface area contributed by atoms with E-state index in [1.165, 1.54) is 6.07 Å². The first-order valence-corrected chi connectivity index (χ1v) is 8.74. The van der Waals surface area contributed by atoms with Gasteiger partial charge in [-0.15, -0.1) is 0 Å². The largest absolute Gasteiger partial charge is 0.366 e. The highest BCUT2D eigenvalue weighted by molar-refractivity contribution is 6.34. The van der Waals surface area contributed by atoms with Crippen LogP contribution in [0.25, 0.3) is 0 Å². The van der Waals surface area contributed by atoms with Crippen LogP contribution in [0.5, 0.6) is 0 Å². The first-order chi connectivity index (χ1) is 11.7. The van der Waals surface area contributed by atoms with Gasteiger partial charge in [-0.05, 0) is 25.0 Å². The van der Waals surface area contributed by atoms with E-state index in [2.05, 4.69) is 0 Å². The summed E-state index contributed by atoms with van der Waals surface area (Å²) in [6.07, 6.45) is 4.19. The van der Waals surface area contributed by atoms with Gasteiger partial charge in [-0.2, -0.15) is 0 Å². The number of rotatable bonds is 1. The third kappa shape index (κ3) is 3.68. The average Bonchev–Trinajstić information content (AvgIpc) is 2.90. The van der Waals surface area contributed by atoms with E-state index in [4.69, 9.17) is 0 Å². The number of likely N-dealkylation sites (tertiary alicyclic amines) is 1. The Bertz CT molecular complexity index is 592. The van der Waals surface area contributed by atoms with Crippen LogP contribution in [0, 0.1) is 5.82 Å². The van der Waals surface area contributed by atoms with Crippen LogP contribution in [-0.2, 0) is 9.59 Å². The Kier molecular flexibility index (Phi) is 5.33. The number of carbonyl (C=O) groups is 2. The number of piperazine rings is 1. The molecule has 2 saturated heterocycles. The number of anilines is 1. The van der Waals surface area contributed by atoms with E-state index in [1.54, 1.807) is 28.0 Å². The molecule has 0 aliphatic carbocycles. The molecule has 0 atom stereocenters. The second-order valence-electron chi connectivity index (χ2n) is 6.44. The van der Waals surface area contributed by atoms with Crippen molar-refractivity contribution < 1.29 is 14.0 Å². The van der Waals surface area contributed by atoms with Gasteiger partial charge in [0.15, 0.2) is 0 Å². The Hall–Kier alpha value is -2.11. The quantitative estimate of drug-likeness (QED) is 0.737. The topological polar surface area (TPSA) is 43.9 Å². The molecule has 3 rings (SSSR count). The fraction of sp³-hybridized carbons (Fsp3) is 0.556. The highest BCUT2D eigenvalue weighted by Gasteiger charge is 2.30. The summed E-state index contributed by atoms with van der Waals surface area (Å²) >= 11 is 0. The monoisotopic (exact) mass is 333 g/mol. The van der Waals surface area contributed by atoms with E-state index >= 15 is 0 Å². The number of carbonyl (C=O) groups excluding carboxylic acids is 2. The summed E-state index contributed by atoms with van der Waals surface area (Å²) < 4.78 is 13.9. The first kappa shape index (κ1) is 16.7. The average molecular weight is 333 g/mol. The van der Waals surface area contributed by atoms with Gasteiger partial charge in [0.25, 0.3) is 0 Å². The van der Waals surface area contributed by atoms with Crippen molar-refractivity contribution in [2.45, 2.75) is 25.7 Å². The molecule has 0 N–H and O–H groups in total. The Morgan fingerprint density at radius 3 is 1.88 bits per heavy atom. The zero-order valence-electron chi connectivity index (χ0n) is 13.9. The van der Waals surface area contributed by atoms with Crippen LogP contribution < -0.4 is 4.90 Å². The molecule has 2 amide bonds. The number of nitrogens with zero attached hydrogens (tertiary/aromatic N) is 3. The van der Waals surface area contributed by atoms with Crippen LogP contribution in [0.2, 0.25) is 0 Å². The molecule has 2 aliphatic rings. The second kappa shape index (κ2) is 7.64. The molecular weight excluding hydrogens is 309 g/mol. The number of hydrogen-bond acceptors (Lipinski definition) is 3. The molecule has 130 valence electrons. The number of amides is 2. The van der Waals surface area contributed by atoms with Crippen LogP contribution in [0.3, 0.4) is 0 Å². The maximum atomic E-state index is 13.9. The molecule has 0 unspecified atom stereocenters. The van der Waals surface area contributed by atoms with Gasteiger partial charge >= 0.3 is 11.8 Å². The van der Waals surface area contributed by atoms with E-state index in [0.717, 1.165) is 25.7 Å². The lowest BCUT2D eigenvalue weighted by Gasteiger charge is -2.36. The van der Waals surface area contributed by atoms with Gasteiger partial charge in [0.05, 0.1) is 5.69 Å². The minimum Gasteiger partial charge on any atom is -0.366 e. The molecule has 0 aromatic heterocycles. The Balaban J connectivity index is 1.57. The maximum Gasteiger partial charge on any atom is 0.312 e. The van der Waals surface area contributed by atoms with Crippen molar-refractivity contribution in [3.05, 3.63) is 30.1 Å². The van der Waals surface area contributed by atoms with Crippen molar-refractivity contribution in [2.24, 2.45) is 0 Å². The molecule has 0 saturated carbocycles. The number of benzene rings is 1. The van der Waals surface area contributed by atoms with Gasteiger partial charge in [0, 0.05) is 39.3 Å². The van der Waals surface area contributed by atoms with Crippen molar-refractivity contribution in [1.82, 2.24) is 9.80 Å². The predicted octanol–water partition coefficient (Wildman–Crippen LogP) is 1.88. The lowest BCUT2D eigenvalue weighted by Crippen LogP contribution is -2.53.